The summed E-state index contributed by atoms with van der Waals surface area (Å²) < 4.78 is 1.14. The van der Waals surface area contributed by atoms with Gasteiger partial charge in [0, 0.05) is 18.0 Å². The second kappa shape index (κ2) is 4.23. The first-order valence-electron chi connectivity index (χ1n) is 4.89. The summed E-state index contributed by atoms with van der Waals surface area (Å²) in [7, 11) is 0. The SMILES string of the molecule is C[C@@H](N)C(=O)N1CCc2sc(Br)cc2C1. The van der Waals surface area contributed by atoms with Crippen molar-refractivity contribution in [1.82, 2.24) is 4.90 Å². The van der Waals surface area contributed by atoms with E-state index in [-0.39, 0.29) is 5.91 Å². The second-order valence-corrected chi connectivity index (χ2v) is 6.31. The van der Waals surface area contributed by atoms with Crippen LogP contribution in [0.1, 0.15) is 17.4 Å². The Balaban J connectivity index is 2.15. The third-order valence-electron chi connectivity index (χ3n) is 2.54. The van der Waals surface area contributed by atoms with Gasteiger partial charge in [-0.05, 0) is 40.9 Å². The van der Waals surface area contributed by atoms with Gasteiger partial charge in [-0.25, -0.2) is 0 Å². The van der Waals surface area contributed by atoms with Crippen LogP contribution < -0.4 is 5.73 Å². The zero-order chi connectivity index (χ0) is 11.0. The Labute approximate surface area is 101 Å². The zero-order valence-electron chi connectivity index (χ0n) is 8.50. The first-order chi connectivity index (χ1) is 7.08. The fraction of sp³-hybridized carbons (Fsp3) is 0.500. The summed E-state index contributed by atoms with van der Waals surface area (Å²) in [5.74, 6) is 0.0444. The summed E-state index contributed by atoms with van der Waals surface area (Å²) in [5, 5.41) is 0. The number of amides is 1. The average Bonchev–Trinajstić information content (AvgIpc) is 2.55. The van der Waals surface area contributed by atoms with Crippen molar-refractivity contribution in [2.24, 2.45) is 5.73 Å². The number of rotatable bonds is 1. The Kier molecular flexibility index (Phi) is 3.13. The highest BCUT2D eigenvalue weighted by Crippen LogP contribution is 2.31. The van der Waals surface area contributed by atoms with Crippen molar-refractivity contribution in [1.29, 1.82) is 0 Å². The van der Waals surface area contributed by atoms with Gasteiger partial charge in [-0.3, -0.25) is 4.79 Å². The van der Waals surface area contributed by atoms with Crippen LogP contribution in [-0.2, 0) is 17.8 Å². The Morgan fingerprint density at radius 3 is 3.13 bits per heavy atom. The number of nitrogens with zero attached hydrogens (tertiary/aromatic N) is 1. The second-order valence-electron chi connectivity index (χ2n) is 3.80. The smallest absolute Gasteiger partial charge is 0.239 e. The van der Waals surface area contributed by atoms with E-state index in [0.29, 0.717) is 6.54 Å². The molecule has 0 unspecified atom stereocenters. The van der Waals surface area contributed by atoms with Gasteiger partial charge in [0.15, 0.2) is 0 Å². The van der Waals surface area contributed by atoms with E-state index in [9.17, 15) is 4.79 Å². The maximum Gasteiger partial charge on any atom is 0.239 e. The molecule has 2 N–H and O–H groups in total. The third kappa shape index (κ3) is 2.24. The van der Waals surface area contributed by atoms with Crippen LogP contribution in [0.4, 0.5) is 0 Å². The standard InChI is InChI=1S/C10H13BrN2OS/c1-6(12)10(14)13-3-2-8-7(5-13)4-9(11)15-8/h4,6H,2-3,5,12H2,1H3/t6-/m1/s1. The van der Waals surface area contributed by atoms with Crippen molar-refractivity contribution in [2.75, 3.05) is 6.54 Å². The Bertz CT molecular complexity index is 389. The molecule has 2 heterocycles. The molecule has 1 aliphatic rings. The monoisotopic (exact) mass is 288 g/mol. The lowest BCUT2D eigenvalue weighted by molar-refractivity contribution is -0.133. The lowest BCUT2D eigenvalue weighted by Crippen LogP contribution is -2.44. The van der Waals surface area contributed by atoms with Crippen LogP contribution in [0, 0.1) is 0 Å². The van der Waals surface area contributed by atoms with E-state index in [4.69, 9.17) is 5.73 Å². The zero-order valence-corrected chi connectivity index (χ0v) is 10.9. The van der Waals surface area contributed by atoms with E-state index in [1.807, 2.05) is 4.90 Å². The van der Waals surface area contributed by atoms with Crippen molar-refractivity contribution < 1.29 is 4.79 Å². The fourth-order valence-corrected chi connectivity index (χ4v) is 3.52. The molecule has 1 aromatic rings. The summed E-state index contributed by atoms with van der Waals surface area (Å²) in [6.07, 6.45) is 0.948. The number of fused-ring (bicyclic) bond motifs is 1. The molecule has 3 nitrogen and oxygen atoms in total. The van der Waals surface area contributed by atoms with Gasteiger partial charge < -0.3 is 10.6 Å². The summed E-state index contributed by atoms with van der Waals surface area (Å²) in [6.45, 7) is 3.24. The number of hydrogen-bond donors (Lipinski definition) is 1. The predicted molar refractivity (Wildman–Crippen MR) is 64.8 cm³/mol. The number of nitrogens with two attached hydrogens (primary N) is 1. The largest absolute Gasteiger partial charge is 0.337 e. The van der Waals surface area contributed by atoms with Crippen LogP contribution in [0.25, 0.3) is 0 Å². The van der Waals surface area contributed by atoms with Gasteiger partial charge in [-0.15, -0.1) is 11.3 Å². The average molecular weight is 289 g/mol. The summed E-state index contributed by atoms with van der Waals surface area (Å²) in [4.78, 5) is 14.9. The lowest BCUT2D eigenvalue weighted by Gasteiger charge is -2.28. The highest BCUT2D eigenvalue weighted by atomic mass is 79.9. The van der Waals surface area contributed by atoms with Crippen LogP contribution in [0.15, 0.2) is 9.85 Å². The first kappa shape index (κ1) is 11.1. The van der Waals surface area contributed by atoms with Crippen LogP contribution in [0.3, 0.4) is 0 Å². The molecule has 1 atom stereocenters. The van der Waals surface area contributed by atoms with Gasteiger partial charge in [-0.2, -0.15) is 0 Å². The minimum Gasteiger partial charge on any atom is -0.337 e. The van der Waals surface area contributed by atoms with Gasteiger partial charge in [-0.1, -0.05) is 0 Å². The van der Waals surface area contributed by atoms with E-state index in [1.54, 1.807) is 18.3 Å². The van der Waals surface area contributed by atoms with E-state index in [0.717, 1.165) is 16.8 Å². The summed E-state index contributed by atoms with van der Waals surface area (Å²) in [5.41, 5.74) is 6.85. The minimum atomic E-state index is -0.395. The van der Waals surface area contributed by atoms with Crippen molar-refractivity contribution in [3.05, 3.63) is 20.3 Å². The molecule has 15 heavy (non-hydrogen) atoms. The molecule has 1 amide bonds. The van der Waals surface area contributed by atoms with E-state index in [2.05, 4.69) is 22.0 Å². The highest BCUT2D eigenvalue weighted by molar-refractivity contribution is 9.11. The van der Waals surface area contributed by atoms with Gasteiger partial charge in [0.2, 0.25) is 5.91 Å². The van der Waals surface area contributed by atoms with Crippen molar-refractivity contribution in [3.8, 4) is 0 Å². The Morgan fingerprint density at radius 1 is 1.73 bits per heavy atom. The van der Waals surface area contributed by atoms with E-state index >= 15 is 0 Å². The van der Waals surface area contributed by atoms with Gasteiger partial charge in [0.1, 0.15) is 0 Å². The molecule has 0 saturated heterocycles. The molecule has 0 fully saturated rings. The van der Waals surface area contributed by atoms with E-state index < -0.39 is 6.04 Å². The van der Waals surface area contributed by atoms with Crippen molar-refractivity contribution in [2.45, 2.75) is 25.9 Å². The number of hydrogen-bond acceptors (Lipinski definition) is 3. The topological polar surface area (TPSA) is 46.3 Å². The molecule has 5 heteroatoms. The molecule has 0 radical (unpaired) electrons. The predicted octanol–water partition coefficient (Wildman–Crippen LogP) is 1.74. The maximum atomic E-state index is 11.7. The van der Waals surface area contributed by atoms with E-state index in [1.165, 1.54) is 10.4 Å². The third-order valence-corrected chi connectivity index (χ3v) is 4.28. The number of thiophene rings is 1. The normalized spacial score (nSPS) is 17.4. The maximum absolute atomic E-state index is 11.7. The Hall–Kier alpha value is -0.390. The quantitative estimate of drug-likeness (QED) is 0.856. The fourth-order valence-electron chi connectivity index (χ4n) is 1.77. The number of halogens is 1. The molecule has 0 spiro atoms. The van der Waals surface area contributed by atoms with Gasteiger partial charge in [0.05, 0.1) is 9.83 Å². The van der Waals surface area contributed by atoms with Crippen LogP contribution in [0.2, 0.25) is 0 Å². The molecule has 1 aromatic heterocycles. The molecule has 2 rings (SSSR count). The van der Waals surface area contributed by atoms with Crippen molar-refractivity contribution >= 4 is 33.2 Å². The number of carbonyl (C=O) groups is 1. The molecular weight excluding hydrogens is 276 g/mol. The first-order valence-corrected chi connectivity index (χ1v) is 6.50. The molecule has 82 valence electrons. The molecule has 0 aromatic carbocycles. The summed E-state index contributed by atoms with van der Waals surface area (Å²) >= 11 is 5.23. The molecule has 0 saturated carbocycles. The molecule has 1 aliphatic heterocycles. The van der Waals surface area contributed by atoms with Crippen molar-refractivity contribution in [3.63, 3.8) is 0 Å². The molecular formula is C10H13BrN2OS. The van der Waals surface area contributed by atoms with Crippen LogP contribution in [-0.4, -0.2) is 23.4 Å². The van der Waals surface area contributed by atoms with Gasteiger partial charge >= 0.3 is 0 Å². The number of carbonyl (C=O) groups excluding carboxylic acids is 1. The van der Waals surface area contributed by atoms with Gasteiger partial charge in [0.25, 0.3) is 0 Å². The highest BCUT2D eigenvalue weighted by Gasteiger charge is 2.24. The Morgan fingerprint density at radius 2 is 2.47 bits per heavy atom. The lowest BCUT2D eigenvalue weighted by atomic mass is 10.1. The summed E-state index contributed by atoms with van der Waals surface area (Å²) in [6, 6.07) is 1.70. The molecule has 0 aliphatic carbocycles. The van der Waals surface area contributed by atoms with Crippen LogP contribution in [0.5, 0.6) is 0 Å². The molecule has 0 bridgehead atoms. The van der Waals surface area contributed by atoms with Crippen LogP contribution >= 0.6 is 27.3 Å². The minimum absolute atomic E-state index is 0.0444.